The average Bonchev–Trinajstić information content (AvgIpc) is 2.96. The van der Waals surface area contributed by atoms with E-state index in [2.05, 4.69) is 33.3 Å². The van der Waals surface area contributed by atoms with E-state index in [0.717, 1.165) is 35.3 Å². The van der Waals surface area contributed by atoms with Gasteiger partial charge in [0.2, 0.25) is 5.91 Å². The Morgan fingerprint density at radius 1 is 0.975 bits per heavy atom. The summed E-state index contributed by atoms with van der Waals surface area (Å²) >= 11 is 0. The van der Waals surface area contributed by atoms with Crippen molar-refractivity contribution in [2.75, 3.05) is 27.4 Å². The van der Waals surface area contributed by atoms with Crippen LogP contribution in [0, 0.1) is 0 Å². The number of hydrogen-bond acceptors (Lipinski definition) is 7. The zero-order valence-electron chi connectivity index (χ0n) is 23.8. The Balaban J connectivity index is 0.000000695. The van der Waals surface area contributed by atoms with Crippen LogP contribution >= 0.6 is 0 Å². The molecule has 0 radical (unpaired) electrons. The van der Waals surface area contributed by atoms with Crippen LogP contribution < -0.4 is 20.5 Å². The van der Waals surface area contributed by atoms with Crippen LogP contribution in [0.25, 0.3) is 6.08 Å². The van der Waals surface area contributed by atoms with E-state index in [4.69, 9.17) is 15.2 Å². The third-order valence-electron chi connectivity index (χ3n) is 7.19. The van der Waals surface area contributed by atoms with Crippen LogP contribution in [0.15, 0.2) is 47.5 Å². The third kappa shape index (κ3) is 6.31. The molecule has 5 aliphatic heterocycles. The first-order chi connectivity index (χ1) is 19.5. The number of nitrogens with one attached hydrogen (secondary N) is 1. The molecule has 40 heavy (non-hydrogen) atoms. The molecule has 2 aromatic carbocycles. The number of methoxy groups -OCH3 is 1. The SMILES string of the molecule is CC.COC.NC1=NC2CC/C=C\c3ccc4c(c3)C(CCO4)NC(=O)c3ccc4c(c3)[C@@H](CCO4)N1C(=O)C2. The molecule has 6 bridgehead atoms. The predicted molar refractivity (Wildman–Crippen MR) is 155 cm³/mol. The lowest BCUT2D eigenvalue weighted by Gasteiger charge is -2.38. The van der Waals surface area contributed by atoms with Gasteiger partial charge in [0.15, 0.2) is 5.96 Å². The highest BCUT2D eigenvalue weighted by atomic mass is 16.5. The van der Waals surface area contributed by atoms with Gasteiger partial charge in [-0.2, -0.15) is 0 Å². The molecule has 7 rings (SSSR count). The van der Waals surface area contributed by atoms with Crippen molar-refractivity contribution in [2.24, 2.45) is 10.7 Å². The highest BCUT2D eigenvalue weighted by molar-refractivity contribution is 5.99. The smallest absolute Gasteiger partial charge is 0.251 e. The highest BCUT2D eigenvalue weighted by Gasteiger charge is 2.37. The van der Waals surface area contributed by atoms with Gasteiger partial charge in [0.25, 0.3) is 5.91 Å². The number of nitrogens with zero attached hydrogens (tertiary/aromatic N) is 2. The molecule has 9 heteroatoms. The number of hydrogen-bond donors (Lipinski definition) is 2. The van der Waals surface area contributed by atoms with Crippen molar-refractivity contribution in [3.05, 3.63) is 64.7 Å². The van der Waals surface area contributed by atoms with Crippen LogP contribution in [-0.2, 0) is 9.53 Å². The van der Waals surface area contributed by atoms with E-state index in [9.17, 15) is 9.59 Å². The second-order valence-electron chi connectivity index (χ2n) is 9.86. The van der Waals surface area contributed by atoms with Crippen LogP contribution in [0.2, 0.25) is 0 Å². The number of rotatable bonds is 0. The molecule has 5 aliphatic rings. The Labute approximate surface area is 236 Å². The van der Waals surface area contributed by atoms with Gasteiger partial charge in [-0.15, -0.1) is 0 Å². The monoisotopic (exact) mass is 548 g/mol. The first-order valence-electron chi connectivity index (χ1n) is 14.0. The minimum absolute atomic E-state index is 0.0391. The summed E-state index contributed by atoms with van der Waals surface area (Å²) < 4.78 is 15.9. The van der Waals surface area contributed by atoms with Gasteiger partial charge >= 0.3 is 0 Å². The number of ether oxygens (including phenoxy) is 3. The molecule has 3 atom stereocenters. The number of nitrogens with two attached hydrogens (primary N) is 1. The summed E-state index contributed by atoms with van der Waals surface area (Å²) in [7, 11) is 3.25. The van der Waals surface area contributed by atoms with Crippen molar-refractivity contribution in [2.45, 2.75) is 64.1 Å². The zero-order valence-corrected chi connectivity index (χ0v) is 23.8. The quantitative estimate of drug-likeness (QED) is 0.490. The van der Waals surface area contributed by atoms with Gasteiger partial charge in [0, 0.05) is 50.2 Å². The molecule has 0 fully saturated rings. The van der Waals surface area contributed by atoms with E-state index >= 15 is 0 Å². The minimum Gasteiger partial charge on any atom is -0.493 e. The van der Waals surface area contributed by atoms with Gasteiger partial charge in [0.05, 0.1) is 31.3 Å². The molecule has 9 nitrogen and oxygen atoms in total. The fourth-order valence-corrected chi connectivity index (χ4v) is 5.42. The van der Waals surface area contributed by atoms with E-state index < -0.39 is 0 Å². The lowest BCUT2D eigenvalue weighted by Crippen LogP contribution is -2.50. The summed E-state index contributed by atoms with van der Waals surface area (Å²) in [5.41, 5.74) is 9.66. The maximum absolute atomic E-state index is 13.3. The van der Waals surface area contributed by atoms with E-state index in [1.54, 1.807) is 31.3 Å². The molecular formula is C31H40N4O5. The van der Waals surface area contributed by atoms with Crippen LogP contribution in [0.4, 0.5) is 0 Å². The van der Waals surface area contributed by atoms with Crippen molar-refractivity contribution in [3.8, 4) is 11.5 Å². The number of guanidine groups is 1. The molecule has 5 heterocycles. The van der Waals surface area contributed by atoms with Gasteiger partial charge in [0.1, 0.15) is 11.5 Å². The number of allylic oxidation sites excluding steroid dienone is 1. The molecule has 0 aromatic heterocycles. The molecule has 3 N–H and O–H groups in total. The first-order valence-corrected chi connectivity index (χ1v) is 14.0. The topological polar surface area (TPSA) is 115 Å². The van der Waals surface area contributed by atoms with Gasteiger partial charge < -0.3 is 25.3 Å². The third-order valence-corrected chi connectivity index (χ3v) is 7.19. The Kier molecular flexibility index (Phi) is 9.82. The number of fused-ring (bicyclic) bond motifs is 4. The minimum atomic E-state index is -0.311. The standard InChI is InChI=1S/C27H28N4O4.C2H6O.C2H6/c28-27-29-18-4-2-1-3-16-5-7-23-19(13-16)21(9-11-34-23)30-26(33)17-6-8-24-20(14-17)22(10-12-35-24)31(27)25(32)15-18;1-3-2;1-2/h1,3,5-8,13-14,18,21-22H,2,4,9-12,15H2,(H2,28,29)(H,30,33);1-2H3;1-2H3/b3-1-;;/t18?,21?,22-;;/m1../s1. The summed E-state index contributed by atoms with van der Waals surface area (Å²) in [4.78, 5) is 32.8. The van der Waals surface area contributed by atoms with Crippen molar-refractivity contribution in [3.63, 3.8) is 0 Å². The Morgan fingerprint density at radius 2 is 1.68 bits per heavy atom. The lowest BCUT2D eigenvalue weighted by molar-refractivity contribution is -0.130. The normalized spacial score (nSPS) is 23.8. The fourth-order valence-electron chi connectivity index (χ4n) is 5.42. The van der Waals surface area contributed by atoms with Crippen LogP contribution in [-0.4, -0.2) is 56.1 Å². The van der Waals surface area contributed by atoms with E-state index in [1.165, 1.54) is 0 Å². The van der Waals surface area contributed by atoms with Crippen LogP contribution in [0.5, 0.6) is 11.5 Å². The first kappa shape index (κ1) is 29.1. The van der Waals surface area contributed by atoms with Crippen molar-refractivity contribution in [1.29, 1.82) is 0 Å². The van der Waals surface area contributed by atoms with Gasteiger partial charge in [-0.25, -0.2) is 4.99 Å². The second-order valence-corrected chi connectivity index (χ2v) is 9.86. The fraction of sp³-hybridized carbons (Fsp3) is 0.452. The number of benzene rings is 2. The van der Waals surface area contributed by atoms with E-state index in [1.807, 2.05) is 32.0 Å². The van der Waals surface area contributed by atoms with Gasteiger partial charge in [-0.3, -0.25) is 14.5 Å². The molecule has 0 spiro atoms. The summed E-state index contributed by atoms with van der Waals surface area (Å²) in [5, 5.41) is 3.19. The van der Waals surface area contributed by atoms with Crippen LogP contribution in [0.1, 0.15) is 85.1 Å². The molecule has 2 unspecified atom stereocenters. The van der Waals surface area contributed by atoms with Crippen molar-refractivity contribution >= 4 is 23.8 Å². The molecule has 2 amide bonds. The number of carbonyl (C=O) groups is 2. The van der Waals surface area contributed by atoms with E-state index in [-0.39, 0.29) is 35.9 Å². The maximum atomic E-state index is 13.3. The Morgan fingerprint density at radius 3 is 2.42 bits per heavy atom. The summed E-state index contributed by atoms with van der Waals surface area (Å²) in [6.07, 6.45) is 7.29. The summed E-state index contributed by atoms with van der Waals surface area (Å²) in [5.74, 6) is 1.50. The number of aliphatic imine (C=N–C) groups is 1. The lowest BCUT2D eigenvalue weighted by atomic mass is 9.94. The van der Waals surface area contributed by atoms with Crippen molar-refractivity contribution in [1.82, 2.24) is 10.2 Å². The van der Waals surface area contributed by atoms with Crippen molar-refractivity contribution < 1.29 is 23.8 Å². The molecule has 0 aliphatic carbocycles. The largest absolute Gasteiger partial charge is 0.493 e. The van der Waals surface area contributed by atoms with Gasteiger partial charge in [-0.05, 0) is 48.7 Å². The second kappa shape index (κ2) is 13.5. The molecule has 2 aromatic rings. The zero-order chi connectivity index (χ0) is 28.6. The van der Waals surface area contributed by atoms with Gasteiger partial charge in [-0.1, -0.05) is 32.1 Å². The number of amides is 2. The predicted octanol–water partition coefficient (Wildman–Crippen LogP) is 4.78. The molecule has 0 saturated carbocycles. The molecule has 214 valence electrons. The molecule has 0 saturated heterocycles. The summed E-state index contributed by atoms with van der Waals surface area (Å²) in [6.45, 7) is 5.01. The van der Waals surface area contributed by atoms with E-state index in [0.29, 0.717) is 43.8 Å². The Bertz CT molecular complexity index is 1270. The summed E-state index contributed by atoms with van der Waals surface area (Å²) in [6, 6.07) is 10.8. The van der Waals surface area contributed by atoms with Crippen LogP contribution in [0.3, 0.4) is 0 Å². The number of carbonyl (C=O) groups excluding carboxylic acids is 2. The highest BCUT2D eigenvalue weighted by Crippen LogP contribution is 2.39. The Hall–Kier alpha value is -3.85. The molecular weight excluding hydrogens is 508 g/mol. The average molecular weight is 549 g/mol. The maximum Gasteiger partial charge on any atom is 0.251 e.